The van der Waals surface area contributed by atoms with Crippen molar-refractivity contribution in [3.05, 3.63) is 46.3 Å². The number of carbonyl (C=O) groups is 1. The van der Waals surface area contributed by atoms with Crippen molar-refractivity contribution in [2.75, 3.05) is 26.3 Å². The van der Waals surface area contributed by atoms with Crippen molar-refractivity contribution in [2.24, 2.45) is 11.8 Å². The highest BCUT2D eigenvalue weighted by molar-refractivity contribution is 5.96. The molecule has 1 amide bonds. The largest absolute Gasteiger partial charge is 0.422 e. The number of likely N-dealkylation sites (tertiary alicyclic amines) is 1. The third kappa shape index (κ3) is 2.51. The Balaban J connectivity index is 1.93. The van der Waals surface area contributed by atoms with Gasteiger partial charge in [0.1, 0.15) is 11.1 Å². The van der Waals surface area contributed by atoms with E-state index in [1.54, 1.807) is 24.3 Å². The number of para-hydroxylation sites is 1. The zero-order valence-electron chi connectivity index (χ0n) is 11.9. The van der Waals surface area contributed by atoms with E-state index in [0.29, 0.717) is 24.1 Å². The topological polar surface area (TPSA) is 91.0 Å². The second kappa shape index (κ2) is 5.90. The van der Waals surface area contributed by atoms with E-state index in [1.165, 1.54) is 11.0 Å². The van der Waals surface area contributed by atoms with Crippen LogP contribution in [0, 0.1) is 11.8 Å². The number of aliphatic hydroxyl groups excluding tert-OH is 2. The van der Waals surface area contributed by atoms with Crippen molar-refractivity contribution < 1.29 is 19.4 Å². The lowest BCUT2D eigenvalue weighted by molar-refractivity contribution is 0.0774. The fraction of sp³-hybridized carbons (Fsp3) is 0.375. The average Bonchev–Trinajstić information content (AvgIpc) is 2.97. The van der Waals surface area contributed by atoms with Gasteiger partial charge in [0.15, 0.2) is 0 Å². The monoisotopic (exact) mass is 303 g/mol. The molecule has 6 heteroatoms. The SMILES string of the molecule is O=C(c1cc2ccccc2oc1=O)N1C[C@@H](CO)[C@H](CO)C1. The Hall–Kier alpha value is -2.18. The standard InChI is InChI=1S/C16H17NO5/c18-8-11-6-17(7-12(11)9-19)15(20)13-5-10-3-1-2-4-14(10)22-16(13)21/h1-5,11-12,18-19H,6-9H2/t11-,12-/m0/s1. The minimum Gasteiger partial charge on any atom is -0.422 e. The van der Waals surface area contributed by atoms with Crippen LogP contribution in [0.5, 0.6) is 0 Å². The van der Waals surface area contributed by atoms with Crippen molar-refractivity contribution in [3.63, 3.8) is 0 Å². The van der Waals surface area contributed by atoms with Gasteiger partial charge >= 0.3 is 5.63 Å². The van der Waals surface area contributed by atoms with Gasteiger partial charge in [-0.1, -0.05) is 18.2 Å². The lowest BCUT2D eigenvalue weighted by atomic mass is 9.98. The summed E-state index contributed by atoms with van der Waals surface area (Å²) in [7, 11) is 0. The average molecular weight is 303 g/mol. The van der Waals surface area contributed by atoms with Crippen molar-refractivity contribution in [1.29, 1.82) is 0 Å². The molecule has 0 aliphatic carbocycles. The maximum Gasteiger partial charge on any atom is 0.349 e. The highest BCUT2D eigenvalue weighted by Crippen LogP contribution is 2.24. The summed E-state index contributed by atoms with van der Waals surface area (Å²) in [5, 5.41) is 19.3. The second-order valence-corrected chi connectivity index (χ2v) is 5.58. The molecule has 0 unspecified atom stereocenters. The fourth-order valence-electron chi connectivity index (χ4n) is 2.90. The predicted octanol–water partition coefficient (Wildman–Crippen LogP) is 0.466. The van der Waals surface area contributed by atoms with Crippen LogP contribution < -0.4 is 5.63 Å². The van der Waals surface area contributed by atoms with E-state index >= 15 is 0 Å². The van der Waals surface area contributed by atoms with Gasteiger partial charge in [-0.15, -0.1) is 0 Å². The van der Waals surface area contributed by atoms with E-state index in [9.17, 15) is 19.8 Å². The Bertz CT molecular complexity index is 742. The van der Waals surface area contributed by atoms with Crippen LogP contribution in [0.3, 0.4) is 0 Å². The molecule has 2 heterocycles. The summed E-state index contributed by atoms with van der Waals surface area (Å²) in [6, 6.07) is 8.53. The molecule has 2 aromatic rings. The first-order valence-corrected chi connectivity index (χ1v) is 7.18. The zero-order chi connectivity index (χ0) is 15.7. The molecule has 0 spiro atoms. The van der Waals surface area contributed by atoms with E-state index in [1.807, 2.05) is 0 Å². The van der Waals surface area contributed by atoms with Crippen molar-refractivity contribution in [1.82, 2.24) is 4.90 Å². The molecule has 0 radical (unpaired) electrons. The summed E-state index contributed by atoms with van der Waals surface area (Å²) in [4.78, 5) is 26.0. The number of aliphatic hydroxyl groups is 2. The van der Waals surface area contributed by atoms with E-state index in [0.717, 1.165) is 0 Å². The van der Waals surface area contributed by atoms with Gasteiger partial charge in [-0.25, -0.2) is 4.79 Å². The molecule has 1 aliphatic rings. The van der Waals surface area contributed by atoms with Gasteiger partial charge < -0.3 is 19.5 Å². The van der Waals surface area contributed by atoms with Crippen LogP contribution in [0.1, 0.15) is 10.4 Å². The van der Waals surface area contributed by atoms with Gasteiger partial charge in [0, 0.05) is 43.5 Å². The van der Waals surface area contributed by atoms with Crippen molar-refractivity contribution in [3.8, 4) is 0 Å². The first-order valence-electron chi connectivity index (χ1n) is 7.18. The lowest BCUT2D eigenvalue weighted by Crippen LogP contribution is -2.32. The molecule has 3 rings (SSSR count). The maximum absolute atomic E-state index is 12.5. The fourth-order valence-corrected chi connectivity index (χ4v) is 2.90. The minimum atomic E-state index is -0.670. The van der Waals surface area contributed by atoms with Crippen LogP contribution in [0.15, 0.2) is 39.5 Å². The smallest absolute Gasteiger partial charge is 0.349 e. The molecule has 6 nitrogen and oxygen atoms in total. The van der Waals surface area contributed by atoms with Gasteiger partial charge in [-0.3, -0.25) is 4.79 Å². The first-order chi connectivity index (χ1) is 10.6. The van der Waals surface area contributed by atoms with Gasteiger partial charge in [-0.2, -0.15) is 0 Å². The first kappa shape index (κ1) is 14.7. The molecule has 1 aromatic heterocycles. The van der Waals surface area contributed by atoms with Crippen LogP contribution in [0.25, 0.3) is 11.0 Å². The summed E-state index contributed by atoms with van der Waals surface area (Å²) >= 11 is 0. The number of hydrogen-bond acceptors (Lipinski definition) is 5. The molecule has 1 aromatic carbocycles. The number of rotatable bonds is 3. The normalized spacial score (nSPS) is 21.5. The number of benzene rings is 1. The van der Waals surface area contributed by atoms with E-state index in [2.05, 4.69) is 0 Å². The summed E-state index contributed by atoms with van der Waals surface area (Å²) in [6.07, 6.45) is 0. The Kier molecular flexibility index (Phi) is 3.96. The summed E-state index contributed by atoms with van der Waals surface area (Å²) in [5.41, 5.74) is -0.252. The summed E-state index contributed by atoms with van der Waals surface area (Å²) in [5.74, 6) is -0.753. The second-order valence-electron chi connectivity index (χ2n) is 5.58. The molecular formula is C16H17NO5. The number of carbonyl (C=O) groups excluding carboxylic acids is 1. The maximum atomic E-state index is 12.5. The Morgan fingerprint density at radius 3 is 2.45 bits per heavy atom. The van der Waals surface area contributed by atoms with Crippen molar-refractivity contribution in [2.45, 2.75) is 0 Å². The molecule has 2 atom stereocenters. The lowest BCUT2D eigenvalue weighted by Gasteiger charge is -2.15. The molecule has 2 N–H and O–H groups in total. The minimum absolute atomic E-state index is 0.0195. The quantitative estimate of drug-likeness (QED) is 0.804. The van der Waals surface area contributed by atoms with Crippen LogP contribution >= 0.6 is 0 Å². The molecule has 0 bridgehead atoms. The van der Waals surface area contributed by atoms with Crippen molar-refractivity contribution >= 4 is 16.9 Å². The van der Waals surface area contributed by atoms with Crippen LogP contribution in [-0.2, 0) is 0 Å². The molecule has 1 saturated heterocycles. The van der Waals surface area contributed by atoms with Crippen LogP contribution in [0.2, 0.25) is 0 Å². The third-order valence-electron chi connectivity index (χ3n) is 4.20. The molecule has 1 fully saturated rings. The molecule has 1 aliphatic heterocycles. The Morgan fingerprint density at radius 2 is 1.82 bits per heavy atom. The summed E-state index contributed by atoms with van der Waals surface area (Å²) in [6.45, 7) is 0.461. The zero-order valence-corrected chi connectivity index (χ0v) is 11.9. The van der Waals surface area contributed by atoms with E-state index in [-0.39, 0.29) is 30.6 Å². The van der Waals surface area contributed by atoms with E-state index < -0.39 is 11.5 Å². The number of fused-ring (bicyclic) bond motifs is 1. The van der Waals surface area contributed by atoms with Gasteiger partial charge in [-0.05, 0) is 12.1 Å². The number of nitrogens with zero attached hydrogens (tertiary/aromatic N) is 1. The molecular weight excluding hydrogens is 286 g/mol. The third-order valence-corrected chi connectivity index (χ3v) is 4.20. The molecule has 22 heavy (non-hydrogen) atoms. The van der Waals surface area contributed by atoms with E-state index in [4.69, 9.17) is 4.42 Å². The Morgan fingerprint density at radius 1 is 1.18 bits per heavy atom. The van der Waals surface area contributed by atoms with Gasteiger partial charge in [0.05, 0.1) is 0 Å². The van der Waals surface area contributed by atoms with Gasteiger partial charge in [0.25, 0.3) is 5.91 Å². The highest BCUT2D eigenvalue weighted by atomic mass is 16.4. The Labute approximate surface area is 126 Å². The predicted molar refractivity (Wildman–Crippen MR) is 79.5 cm³/mol. The number of hydrogen-bond donors (Lipinski definition) is 2. The molecule has 0 saturated carbocycles. The van der Waals surface area contributed by atoms with Gasteiger partial charge in [0.2, 0.25) is 0 Å². The number of amides is 1. The van der Waals surface area contributed by atoms with Crippen LogP contribution in [-0.4, -0.2) is 47.3 Å². The highest BCUT2D eigenvalue weighted by Gasteiger charge is 2.35. The molecule has 116 valence electrons. The van der Waals surface area contributed by atoms with Crippen LogP contribution in [0.4, 0.5) is 0 Å². The summed E-state index contributed by atoms with van der Waals surface area (Å²) < 4.78 is 5.18.